The number of hydrogen-bond donors (Lipinski definition) is 2. The number of rotatable bonds is 6. The molecule has 0 bridgehead atoms. The number of aryl methyl sites for hydroxylation is 1. The van der Waals surface area contributed by atoms with E-state index in [4.69, 9.17) is 10.8 Å². The van der Waals surface area contributed by atoms with E-state index in [1.807, 2.05) is 24.4 Å². The highest BCUT2D eigenvalue weighted by molar-refractivity contribution is 7.09. The fraction of sp³-hybridized carbons (Fsp3) is 0.385. The fourth-order valence-corrected chi connectivity index (χ4v) is 2.64. The van der Waals surface area contributed by atoms with Gasteiger partial charge in [0.15, 0.2) is 0 Å². The third-order valence-electron chi connectivity index (χ3n) is 2.87. The number of carbonyl (C=O) groups excluding carboxylic acids is 1. The van der Waals surface area contributed by atoms with E-state index in [0.29, 0.717) is 18.9 Å². The van der Waals surface area contributed by atoms with Crippen LogP contribution in [0.4, 0.5) is 5.82 Å². The Bertz CT molecular complexity index is 565. The zero-order chi connectivity index (χ0) is 14.5. The first kappa shape index (κ1) is 14.5. The van der Waals surface area contributed by atoms with E-state index in [1.54, 1.807) is 22.3 Å². The van der Waals surface area contributed by atoms with Crippen molar-refractivity contribution in [2.75, 3.05) is 18.9 Å². The van der Waals surface area contributed by atoms with Crippen LogP contribution in [-0.4, -0.2) is 38.8 Å². The Morgan fingerprint density at radius 1 is 1.60 bits per heavy atom. The van der Waals surface area contributed by atoms with Crippen molar-refractivity contribution in [2.24, 2.45) is 0 Å². The summed E-state index contributed by atoms with van der Waals surface area (Å²) in [6.07, 6.45) is 0. The monoisotopic (exact) mass is 294 g/mol. The molecule has 0 aromatic carbocycles. The van der Waals surface area contributed by atoms with E-state index in [0.717, 1.165) is 10.6 Å². The Morgan fingerprint density at radius 3 is 2.95 bits per heavy atom. The number of aliphatic hydroxyl groups is 1. The van der Waals surface area contributed by atoms with Gasteiger partial charge in [-0.3, -0.25) is 4.79 Å². The minimum absolute atomic E-state index is 0.0647. The lowest BCUT2D eigenvalue weighted by molar-refractivity contribution is -0.133. The fourth-order valence-electron chi connectivity index (χ4n) is 1.92. The molecule has 0 saturated heterocycles. The van der Waals surface area contributed by atoms with Crippen molar-refractivity contribution >= 4 is 23.1 Å². The molecule has 2 heterocycles. The molecule has 0 spiro atoms. The molecule has 6 nitrogen and oxygen atoms in total. The Labute approximate surface area is 121 Å². The molecule has 20 heavy (non-hydrogen) atoms. The lowest BCUT2D eigenvalue weighted by Crippen LogP contribution is -2.35. The predicted octanol–water partition coefficient (Wildman–Crippen LogP) is 0.856. The molecule has 108 valence electrons. The van der Waals surface area contributed by atoms with Crippen molar-refractivity contribution in [3.05, 3.63) is 34.2 Å². The second-order valence-electron chi connectivity index (χ2n) is 4.49. The molecule has 2 rings (SSSR count). The minimum atomic E-state index is -0.109. The molecular formula is C13H18N4O2S. The summed E-state index contributed by atoms with van der Waals surface area (Å²) in [5.74, 6) is 0.359. The molecule has 0 radical (unpaired) electrons. The number of aromatic nitrogens is 2. The molecule has 0 unspecified atom stereocenters. The largest absolute Gasteiger partial charge is 0.395 e. The SMILES string of the molecule is Cc1cc(N)n(CC(=O)N(CCO)Cc2cccs2)n1. The summed E-state index contributed by atoms with van der Waals surface area (Å²) in [6, 6.07) is 5.63. The van der Waals surface area contributed by atoms with E-state index in [-0.39, 0.29) is 19.1 Å². The normalized spacial score (nSPS) is 10.7. The first-order valence-corrected chi connectivity index (χ1v) is 7.19. The van der Waals surface area contributed by atoms with Gasteiger partial charge in [0, 0.05) is 17.5 Å². The molecule has 0 aliphatic carbocycles. The minimum Gasteiger partial charge on any atom is -0.395 e. The summed E-state index contributed by atoms with van der Waals surface area (Å²) < 4.78 is 1.48. The van der Waals surface area contributed by atoms with Gasteiger partial charge in [-0.2, -0.15) is 5.10 Å². The maximum Gasteiger partial charge on any atom is 0.244 e. The second-order valence-corrected chi connectivity index (χ2v) is 5.52. The number of thiophene rings is 1. The van der Waals surface area contributed by atoms with Gasteiger partial charge in [0.2, 0.25) is 5.91 Å². The zero-order valence-electron chi connectivity index (χ0n) is 11.3. The number of anilines is 1. The standard InChI is InChI=1S/C13H18N4O2S/c1-10-7-12(14)17(15-10)9-13(19)16(4-5-18)8-11-3-2-6-20-11/h2-3,6-7,18H,4-5,8-9,14H2,1H3. The molecule has 0 atom stereocenters. The van der Waals surface area contributed by atoms with Gasteiger partial charge in [0.05, 0.1) is 18.8 Å². The average Bonchev–Trinajstić information content (AvgIpc) is 2.99. The third-order valence-corrected chi connectivity index (χ3v) is 3.73. The lowest BCUT2D eigenvalue weighted by Gasteiger charge is -2.21. The maximum atomic E-state index is 12.3. The van der Waals surface area contributed by atoms with Crippen molar-refractivity contribution in [1.29, 1.82) is 0 Å². The van der Waals surface area contributed by atoms with Gasteiger partial charge in [0.25, 0.3) is 0 Å². The van der Waals surface area contributed by atoms with Gasteiger partial charge in [-0.15, -0.1) is 11.3 Å². The van der Waals surface area contributed by atoms with E-state index in [2.05, 4.69) is 5.10 Å². The molecule has 1 amide bonds. The molecule has 0 aliphatic heterocycles. The number of hydrogen-bond acceptors (Lipinski definition) is 5. The molecule has 7 heteroatoms. The molecular weight excluding hydrogens is 276 g/mol. The van der Waals surface area contributed by atoms with Gasteiger partial charge in [-0.25, -0.2) is 4.68 Å². The van der Waals surface area contributed by atoms with E-state index < -0.39 is 0 Å². The Kier molecular flexibility index (Phi) is 4.75. The van der Waals surface area contributed by atoms with E-state index >= 15 is 0 Å². The molecule has 3 N–H and O–H groups in total. The summed E-state index contributed by atoms with van der Waals surface area (Å²) in [4.78, 5) is 15.0. The number of nitrogens with two attached hydrogens (primary N) is 1. The van der Waals surface area contributed by atoms with E-state index in [9.17, 15) is 4.79 Å². The molecule has 0 fully saturated rings. The topological polar surface area (TPSA) is 84.4 Å². The number of aliphatic hydroxyl groups excluding tert-OH is 1. The van der Waals surface area contributed by atoms with Gasteiger partial charge in [0.1, 0.15) is 12.4 Å². The summed E-state index contributed by atoms with van der Waals surface area (Å²) in [7, 11) is 0. The quantitative estimate of drug-likeness (QED) is 0.827. The van der Waals surface area contributed by atoms with Crippen molar-refractivity contribution in [3.8, 4) is 0 Å². The first-order valence-electron chi connectivity index (χ1n) is 6.31. The average molecular weight is 294 g/mol. The van der Waals surface area contributed by atoms with Crippen molar-refractivity contribution in [1.82, 2.24) is 14.7 Å². The van der Waals surface area contributed by atoms with Crippen LogP contribution in [0.3, 0.4) is 0 Å². The molecule has 2 aromatic heterocycles. The highest BCUT2D eigenvalue weighted by atomic mass is 32.1. The van der Waals surface area contributed by atoms with Crippen LogP contribution in [0.5, 0.6) is 0 Å². The van der Waals surface area contributed by atoms with Crippen LogP contribution < -0.4 is 5.73 Å². The predicted molar refractivity (Wildman–Crippen MR) is 78.2 cm³/mol. The summed E-state index contributed by atoms with van der Waals surface area (Å²) in [5, 5.41) is 15.2. The van der Waals surface area contributed by atoms with Gasteiger partial charge < -0.3 is 15.7 Å². The summed E-state index contributed by atoms with van der Waals surface area (Å²) in [6.45, 7) is 2.65. The molecule has 0 saturated carbocycles. The molecule has 2 aromatic rings. The van der Waals surface area contributed by atoms with Crippen molar-refractivity contribution < 1.29 is 9.90 Å². The molecule has 0 aliphatic rings. The van der Waals surface area contributed by atoms with Crippen LogP contribution >= 0.6 is 11.3 Å². The van der Waals surface area contributed by atoms with Crippen LogP contribution in [-0.2, 0) is 17.9 Å². The number of nitrogen functional groups attached to an aromatic ring is 1. The van der Waals surface area contributed by atoms with Crippen LogP contribution in [0.25, 0.3) is 0 Å². The van der Waals surface area contributed by atoms with Crippen molar-refractivity contribution in [3.63, 3.8) is 0 Å². The van der Waals surface area contributed by atoms with Crippen LogP contribution in [0, 0.1) is 6.92 Å². The van der Waals surface area contributed by atoms with Crippen LogP contribution in [0.15, 0.2) is 23.6 Å². The number of carbonyl (C=O) groups is 1. The Morgan fingerprint density at radius 2 is 2.40 bits per heavy atom. The van der Waals surface area contributed by atoms with Crippen molar-refractivity contribution in [2.45, 2.75) is 20.0 Å². The second kappa shape index (κ2) is 6.53. The Hall–Kier alpha value is -1.86. The Balaban J connectivity index is 2.05. The zero-order valence-corrected chi connectivity index (χ0v) is 12.1. The third kappa shape index (κ3) is 3.58. The van der Waals surface area contributed by atoms with Gasteiger partial charge >= 0.3 is 0 Å². The smallest absolute Gasteiger partial charge is 0.244 e. The van der Waals surface area contributed by atoms with Crippen LogP contribution in [0.2, 0.25) is 0 Å². The highest BCUT2D eigenvalue weighted by Gasteiger charge is 2.16. The summed E-state index contributed by atoms with van der Waals surface area (Å²) >= 11 is 1.59. The first-order chi connectivity index (χ1) is 9.60. The van der Waals surface area contributed by atoms with Crippen LogP contribution in [0.1, 0.15) is 10.6 Å². The summed E-state index contributed by atoms with van der Waals surface area (Å²) in [5.41, 5.74) is 6.56. The van der Waals surface area contributed by atoms with E-state index in [1.165, 1.54) is 4.68 Å². The number of nitrogens with zero attached hydrogens (tertiary/aromatic N) is 3. The lowest BCUT2D eigenvalue weighted by atomic mass is 10.3. The number of amides is 1. The van der Waals surface area contributed by atoms with Gasteiger partial charge in [-0.05, 0) is 18.4 Å². The highest BCUT2D eigenvalue weighted by Crippen LogP contribution is 2.13. The maximum absolute atomic E-state index is 12.3. The van der Waals surface area contributed by atoms with Gasteiger partial charge in [-0.1, -0.05) is 6.07 Å².